The van der Waals surface area contributed by atoms with Gasteiger partial charge in [-0.1, -0.05) is 6.07 Å². The molecule has 0 atom stereocenters. The van der Waals surface area contributed by atoms with Gasteiger partial charge in [0.1, 0.15) is 5.71 Å². The minimum atomic E-state index is 0.424. The van der Waals surface area contributed by atoms with Crippen molar-refractivity contribution >= 4 is 40.6 Å². The minimum absolute atomic E-state index is 0.424. The Bertz CT molecular complexity index is 335. The maximum absolute atomic E-state index is 4.79. The van der Waals surface area contributed by atoms with Crippen LogP contribution in [0.3, 0.4) is 0 Å². The Morgan fingerprint density at radius 3 is 2.91 bits per heavy atom. The van der Waals surface area contributed by atoms with Gasteiger partial charge in [-0.3, -0.25) is 0 Å². The summed E-state index contributed by atoms with van der Waals surface area (Å²) in [5, 5.41) is 2.43. The smallest absolute Gasteiger partial charge is 0.219 e. The van der Waals surface area contributed by atoms with Crippen LogP contribution in [0, 0.1) is 0 Å². The Labute approximate surface area is 73.3 Å². The second-order valence-electron chi connectivity index (χ2n) is 2.02. The molecule has 0 saturated heterocycles. The molecule has 0 bridgehead atoms. The monoisotopic (exact) mass is 180 g/mol. The van der Waals surface area contributed by atoms with Crippen molar-refractivity contribution < 1.29 is 0 Å². The molecule has 0 radical (unpaired) electrons. The third kappa shape index (κ3) is 1.27. The van der Waals surface area contributed by atoms with Gasteiger partial charge in [0.15, 0.2) is 0 Å². The first kappa shape index (κ1) is 6.82. The molecule has 11 heavy (non-hydrogen) atoms. The Morgan fingerprint density at radius 1 is 1.45 bits per heavy atom. The van der Waals surface area contributed by atoms with Gasteiger partial charge >= 0.3 is 0 Å². The number of thiocarbonyl (C=S) groups is 1. The van der Waals surface area contributed by atoms with Crippen molar-refractivity contribution in [2.75, 3.05) is 0 Å². The van der Waals surface area contributed by atoms with E-state index in [9.17, 15) is 0 Å². The molecular weight excluding hydrogens is 176 g/mol. The largest absolute Gasteiger partial charge is 0.225 e. The second-order valence-corrected chi connectivity index (χ2v) is 3.33. The average Bonchev–Trinajstić information content (AvgIpc) is 2.55. The Kier molecular flexibility index (Phi) is 1.63. The van der Waals surface area contributed by atoms with Crippen LogP contribution < -0.4 is 0 Å². The van der Waals surface area contributed by atoms with Crippen LogP contribution in [0.15, 0.2) is 27.5 Å². The molecule has 0 aliphatic carbocycles. The van der Waals surface area contributed by atoms with Crippen LogP contribution >= 0.6 is 23.6 Å². The molecule has 1 aliphatic heterocycles. The molecule has 2 nitrogen and oxygen atoms in total. The molecule has 0 fully saturated rings. The summed E-state index contributed by atoms with van der Waals surface area (Å²) in [4.78, 5) is 9.07. The topological polar surface area (TPSA) is 24.7 Å². The highest BCUT2D eigenvalue weighted by Crippen LogP contribution is 2.11. The van der Waals surface area contributed by atoms with E-state index in [1.165, 1.54) is 0 Å². The van der Waals surface area contributed by atoms with E-state index in [1.54, 1.807) is 17.6 Å². The van der Waals surface area contributed by atoms with Crippen molar-refractivity contribution in [2.24, 2.45) is 9.98 Å². The standard InChI is InChI=1S/C7H4N2S2/c10-7-8-4-5(9-7)6-2-1-3-11-6/h1-4H. The normalized spacial score (nSPS) is 15.6. The summed E-state index contributed by atoms with van der Waals surface area (Å²) in [5.74, 6) is 0. The lowest BCUT2D eigenvalue weighted by Gasteiger charge is -1.85. The predicted molar refractivity (Wildman–Crippen MR) is 51.9 cm³/mol. The van der Waals surface area contributed by atoms with Gasteiger partial charge in [0, 0.05) is 0 Å². The molecular formula is C7H4N2S2. The van der Waals surface area contributed by atoms with Crippen LogP contribution in [0.4, 0.5) is 0 Å². The molecule has 0 unspecified atom stereocenters. The molecule has 1 aliphatic rings. The van der Waals surface area contributed by atoms with Crippen LogP contribution in [-0.2, 0) is 0 Å². The van der Waals surface area contributed by atoms with E-state index in [1.807, 2.05) is 17.5 Å². The molecule has 0 spiro atoms. The highest BCUT2D eigenvalue weighted by atomic mass is 32.1. The number of aliphatic imine (C=N–C) groups is 2. The first-order chi connectivity index (χ1) is 5.36. The molecule has 0 N–H and O–H groups in total. The van der Waals surface area contributed by atoms with Crippen molar-refractivity contribution in [2.45, 2.75) is 0 Å². The zero-order chi connectivity index (χ0) is 7.68. The lowest BCUT2D eigenvalue weighted by Crippen LogP contribution is -1.94. The van der Waals surface area contributed by atoms with Crippen molar-refractivity contribution in [1.29, 1.82) is 0 Å². The first-order valence-corrected chi connectivity index (χ1v) is 4.35. The lowest BCUT2D eigenvalue weighted by molar-refractivity contribution is 1.68. The van der Waals surface area contributed by atoms with Crippen molar-refractivity contribution in [1.82, 2.24) is 0 Å². The van der Waals surface area contributed by atoms with E-state index < -0.39 is 0 Å². The van der Waals surface area contributed by atoms with Gasteiger partial charge in [-0.05, 0) is 23.7 Å². The quantitative estimate of drug-likeness (QED) is 0.606. The van der Waals surface area contributed by atoms with Crippen LogP contribution in [0.25, 0.3) is 0 Å². The Morgan fingerprint density at radius 2 is 2.36 bits per heavy atom. The van der Waals surface area contributed by atoms with Gasteiger partial charge in [-0.2, -0.15) is 0 Å². The van der Waals surface area contributed by atoms with E-state index in [-0.39, 0.29) is 0 Å². The average molecular weight is 180 g/mol. The number of hydrogen-bond donors (Lipinski definition) is 0. The SMILES string of the molecule is S=C1N=CC(c2cccs2)=N1. The highest BCUT2D eigenvalue weighted by Gasteiger charge is 2.07. The minimum Gasteiger partial charge on any atom is -0.225 e. The maximum atomic E-state index is 4.79. The molecule has 0 aromatic carbocycles. The maximum Gasteiger partial charge on any atom is 0.219 e. The van der Waals surface area contributed by atoms with Crippen LogP contribution in [0.1, 0.15) is 4.88 Å². The van der Waals surface area contributed by atoms with Gasteiger partial charge in [0.2, 0.25) is 5.11 Å². The van der Waals surface area contributed by atoms with Crippen LogP contribution in [-0.4, -0.2) is 17.0 Å². The summed E-state index contributed by atoms with van der Waals surface area (Å²) in [5.41, 5.74) is 0.880. The number of nitrogens with zero attached hydrogens (tertiary/aromatic N) is 2. The number of thiophene rings is 1. The summed E-state index contributed by atoms with van der Waals surface area (Å²) < 4.78 is 0. The molecule has 1 aromatic heterocycles. The number of hydrogen-bond acceptors (Lipinski definition) is 2. The van der Waals surface area contributed by atoms with E-state index >= 15 is 0 Å². The highest BCUT2D eigenvalue weighted by molar-refractivity contribution is 7.80. The second kappa shape index (κ2) is 2.64. The molecule has 54 valence electrons. The van der Waals surface area contributed by atoms with Gasteiger partial charge in [-0.25, -0.2) is 9.98 Å². The Balaban J connectivity index is 2.40. The third-order valence-corrected chi connectivity index (χ3v) is 2.38. The molecule has 0 amide bonds. The first-order valence-electron chi connectivity index (χ1n) is 3.07. The van der Waals surface area contributed by atoms with Gasteiger partial charge in [-0.15, -0.1) is 11.3 Å². The zero-order valence-electron chi connectivity index (χ0n) is 5.52. The molecule has 1 aromatic rings. The van der Waals surface area contributed by atoms with Crippen LogP contribution in [0.5, 0.6) is 0 Å². The summed E-state index contributed by atoms with van der Waals surface area (Å²) in [7, 11) is 0. The zero-order valence-corrected chi connectivity index (χ0v) is 7.15. The fourth-order valence-corrected chi connectivity index (χ4v) is 1.65. The molecule has 2 heterocycles. The number of rotatable bonds is 1. The van der Waals surface area contributed by atoms with Crippen molar-refractivity contribution in [3.63, 3.8) is 0 Å². The van der Waals surface area contributed by atoms with Crippen molar-refractivity contribution in [3.05, 3.63) is 22.4 Å². The molecule has 4 heteroatoms. The van der Waals surface area contributed by atoms with Crippen molar-refractivity contribution in [3.8, 4) is 0 Å². The predicted octanol–water partition coefficient (Wildman–Crippen LogP) is 1.91. The van der Waals surface area contributed by atoms with Gasteiger partial charge in [0.25, 0.3) is 0 Å². The van der Waals surface area contributed by atoms with E-state index in [0.717, 1.165) is 10.6 Å². The Hall–Kier alpha value is -0.870. The van der Waals surface area contributed by atoms with E-state index in [2.05, 4.69) is 9.98 Å². The van der Waals surface area contributed by atoms with Crippen LogP contribution in [0.2, 0.25) is 0 Å². The summed E-state index contributed by atoms with van der Waals surface area (Å²) in [6.07, 6.45) is 1.70. The molecule has 2 rings (SSSR count). The third-order valence-electron chi connectivity index (χ3n) is 1.29. The summed E-state index contributed by atoms with van der Waals surface area (Å²) >= 11 is 6.43. The van der Waals surface area contributed by atoms with Gasteiger partial charge < -0.3 is 0 Å². The summed E-state index contributed by atoms with van der Waals surface area (Å²) in [6.45, 7) is 0. The summed E-state index contributed by atoms with van der Waals surface area (Å²) in [6, 6.07) is 3.99. The lowest BCUT2D eigenvalue weighted by atomic mass is 10.3. The molecule has 0 saturated carbocycles. The van der Waals surface area contributed by atoms with E-state index in [0.29, 0.717) is 5.11 Å². The fraction of sp³-hybridized carbons (Fsp3) is 0. The fourth-order valence-electron chi connectivity index (χ4n) is 0.820. The van der Waals surface area contributed by atoms with Gasteiger partial charge in [0.05, 0.1) is 11.1 Å². The van der Waals surface area contributed by atoms with E-state index in [4.69, 9.17) is 12.2 Å².